The largest absolute Gasteiger partial charge is 0.354 e. The normalized spacial score (nSPS) is 10.9. The van der Waals surface area contributed by atoms with Crippen LogP contribution in [0.15, 0.2) is 11.1 Å². The molecular weight excluding hydrogens is 262 g/mol. The molecule has 0 radical (unpaired) electrons. The lowest BCUT2D eigenvalue weighted by Crippen LogP contribution is -2.21. The molecule has 0 bridgehead atoms. The fourth-order valence-corrected chi connectivity index (χ4v) is 3.06. The molecule has 0 aromatic carbocycles. The average Bonchev–Trinajstić information content (AvgIpc) is 2.75. The zero-order valence-corrected chi connectivity index (χ0v) is 12.1. The lowest BCUT2D eigenvalue weighted by atomic mass is 10.2. The van der Waals surface area contributed by atoms with Crippen molar-refractivity contribution in [1.82, 2.24) is 14.9 Å². The van der Waals surface area contributed by atoms with E-state index < -0.39 is 0 Å². The topological polar surface area (TPSA) is 64.0 Å². The van der Waals surface area contributed by atoms with Crippen molar-refractivity contribution in [2.75, 3.05) is 7.05 Å². The third-order valence-electron chi connectivity index (χ3n) is 3.10. The minimum Gasteiger partial charge on any atom is -0.354 e. The van der Waals surface area contributed by atoms with Gasteiger partial charge in [0.2, 0.25) is 0 Å². The van der Waals surface area contributed by atoms with Crippen LogP contribution in [-0.2, 0) is 6.54 Å². The van der Waals surface area contributed by atoms with Gasteiger partial charge in [-0.3, -0.25) is 14.2 Å². The molecule has 0 fully saturated rings. The Morgan fingerprint density at radius 2 is 2.26 bits per heavy atom. The second-order valence-corrected chi connectivity index (χ2v) is 5.41. The number of aryl methyl sites for hydroxylation is 2. The summed E-state index contributed by atoms with van der Waals surface area (Å²) in [5.41, 5.74) is 0.671. The molecule has 2 heterocycles. The summed E-state index contributed by atoms with van der Waals surface area (Å²) in [6.45, 7) is 4.55. The van der Waals surface area contributed by atoms with Crippen LogP contribution in [0.5, 0.6) is 0 Å². The summed E-state index contributed by atoms with van der Waals surface area (Å²) >= 11 is 1.27. The summed E-state index contributed by atoms with van der Waals surface area (Å²) in [5.74, 6) is -0.167. The Morgan fingerprint density at radius 3 is 2.89 bits per heavy atom. The molecule has 0 spiro atoms. The summed E-state index contributed by atoms with van der Waals surface area (Å²) in [4.78, 5) is 29.6. The van der Waals surface area contributed by atoms with Gasteiger partial charge >= 0.3 is 0 Å². The molecule has 0 aliphatic heterocycles. The van der Waals surface area contributed by atoms with Gasteiger partial charge in [0.1, 0.15) is 4.83 Å². The fraction of sp³-hybridized carbons (Fsp3) is 0.462. The molecule has 1 amide bonds. The maximum absolute atomic E-state index is 12.4. The molecule has 0 saturated carbocycles. The lowest BCUT2D eigenvalue weighted by Gasteiger charge is -2.03. The Labute approximate surface area is 115 Å². The molecule has 5 nitrogen and oxygen atoms in total. The smallest absolute Gasteiger partial charge is 0.262 e. The van der Waals surface area contributed by atoms with Gasteiger partial charge in [-0.25, -0.2) is 4.98 Å². The number of carbonyl (C=O) groups excluding carboxylic acids is 1. The van der Waals surface area contributed by atoms with Crippen molar-refractivity contribution in [2.45, 2.75) is 33.2 Å². The van der Waals surface area contributed by atoms with E-state index >= 15 is 0 Å². The molecule has 2 aromatic heterocycles. The van der Waals surface area contributed by atoms with Crippen LogP contribution in [0.1, 0.15) is 35.0 Å². The van der Waals surface area contributed by atoms with Crippen LogP contribution in [0, 0.1) is 6.92 Å². The molecule has 0 atom stereocenters. The highest BCUT2D eigenvalue weighted by atomic mass is 32.1. The third kappa shape index (κ3) is 2.40. The first-order valence-electron chi connectivity index (χ1n) is 6.30. The quantitative estimate of drug-likeness (QED) is 0.930. The van der Waals surface area contributed by atoms with E-state index in [1.165, 1.54) is 11.3 Å². The van der Waals surface area contributed by atoms with Crippen molar-refractivity contribution in [3.05, 3.63) is 27.1 Å². The van der Waals surface area contributed by atoms with Crippen LogP contribution >= 0.6 is 11.3 Å². The van der Waals surface area contributed by atoms with Crippen molar-refractivity contribution in [2.24, 2.45) is 0 Å². The summed E-state index contributed by atoms with van der Waals surface area (Å²) in [6.07, 6.45) is 3.54. The standard InChI is InChI=1S/C13H17N3O2S/c1-4-5-6-16-7-15-12-9(13(16)18)8(2)10(19-12)11(17)14-3/h7H,4-6H2,1-3H3,(H,14,17). The van der Waals surface area contributed by atoms with Crippen LogP contribution in [0.3, 0.4) is 0 Å². The summed E-state index contributed by atoms with van der Waals surface area (Å²) in [6, 6.07) is 0. The molecule has 0 unspecified atom stereocenters. The van der Waals surface area contributed by atoms with E-state index in [4.69, 9.17) is 0 Å². The van der Waals surface area contributed by atoms with Gasteiger partial charge in [0, 0.05) is 13.6 Å². The minimum atomic E-state index is -0.167. The Bertz CT molecular complexity index is 672. The summed E-state index contributed by atoms with van der Waals surface area (Å²) in [5, 5.41) is 3.16. The number of unbranched alkanes of at least 4 members (excludes halogenated alkanes) is 1. The van der Waals surface area contributed by atoms with Gasteiger partial charge in [0.05, 0.1) is 16.6 Å². The highest BCUT2D eigenvalue weighted by Gasteiger charge is 2.18. The first kappa shape index (κ1) is 13.7. The Morgan fingerprint density at radius 1 is 1.53 bits per heavy atom. The summed E-state index contributed by atoms with van der Waals surface area (Å²) in [7, 11) is 1.58. The van der Waals surface area contributed by atoms with E-state index in [1.807, 2.05) is 0 Å². The Kier molecular flexibility index (Phi) is 3.99. The number of thiophene rings is 1. The van der Waals surface area contributed by atoms with Crippen LogP contribution in [-0.4, -0.2) is 22.5 Å². The van der Waals surface area contributed by atoms with Gasteiger partial charge in [-0.1, -0.05) is 13.3 Å². The van der Waals surface area contributed by atoms with E-state index in [-0.39, 0.29) is 11.5 Å². The summed E-state index contributed by atoms with van der Waals surface area (Å²) < 4.78 is 1.62. The Balaban J connectivity index is 2.59. The first-order chi connectivity index (χ1) is 9.10. The Hall–Kier alpha value is -1.69. The highest BCUT2D eigenvalue weighted by Crippen LogP contribution is 2.26. The molecule has 2 aromatic rings. The monoisotopic (exact) mass is 279 g/mol. The maximum atomic E-state index is 12.4. The van der Waals surface area contributed by atoms with E-state index in [0.717, 1.165) is 18.4 Å². The van der Waals surface area contributed by atoms with Crippen LogP contribution < -0.4 is 10.9 Å². The second kappa shape index (κ2) is 5.52. The maximum Gasteiger partial charge on any atom is 0.262 e. The number of carbonyl (C=O) groups is 1. The van der Waals surface area contributed by atoms with Gasteiger partial charge in [-0.2, -0.15) is 0 Å². The van der Waals surface area contributed by atoms with E-state index in [0.29, 0.717) is 21.6 Å². The zero-order chi connectivity index (χ0) is 14.0. The minimum absolute atomic E-state index is 0.0534. The average molecular weight is 279 g/mol. The molecule has 0 aliphatic carbocycles. The second-order valence-electron chi connectivity index (χ2n) is 4.41. The molecular formula is C13H17N3O2S. The molecule has 0 aliphatic rings. The SMILES string of the molecule is CCCCn1cnc2sc(C(=O)NC)c(C)c2c1=O. The number of amides is 1. The number of aromatic nitrogens is 2. The predicted molar refractivity (Wildman–Crippen MR) is 76.9 cm³/mol. The molecule has 2 rings (SSSR count). The highest BCUT2D eigenvalue weighted by molar-refractivity contribution is 7.20. The molecule has 0 saturated heterocycles. The van der Waals surface area contributed by atoms with Crippen molar-refractivity contribution in [1.29, 1.82) is 0 Å². The van der Waals surface area contributed by atoms with Crippen LogP contribution in [0.25, 0.3) is 10.2 Å². The molecule has 6 heteroatoms. The fourth-order valence-electron chi connectivity index (χ4n) is 1.98. The van der Waals surface area contributed by atoms with E-state index in [1.54, 1.807) is 24.9 Å². The number of hydrogen-bond acceptors (Lipinski definition) is 4. The number of hydrogen-bond donors (Lipinski definition) is 1. The van der Waals surface area contributed by atoms with E-state index in [2.05, 4.69) is 17.2 Å². The van der Waals surface area contributed by atoms with Gasteiger partial charge < -0.3 is 5.32 Å². The van der Waals surface area contributed by atoms with Gasteiger partial charge in [-0.15, -0.1) is 11.3 Å². The molecule has 19 heavy (non-hydrogen) atoms. The molecule has 1 N–H and O–H groups in total. The number of fused-ring (bicyclic) bond motifs is 1. The van der Waals surface area contributed by atoms with Crippen molar-refractivity contribution < 1.29 is 4.79 Å². The van der Waals surface area contributed by atoms with Crippen molar-refractivity contribution >= 4 is 27.5 Å². The zero-order valence-electron chi connectivity index (χ0n) is 11.3. The van der Waals surface area contributed by atoms with Crippen molar-refractivity contribution in [3.63, 3.8) is 0 Å². The third-order valence-corrected chi connectivity index (χ3v) is 4.30. The number of nitrogens with zero attached hydrogens (tertiary/aromatic N) is 2. The van der Waals surface area contributed by atoms with Gasteiger partial charge in [-0.05, 0) is 18.9 Å². The lowest BCUT2D eigenvalue weighted by molar-refractivity contribution is 0.0966. The van der Waals surface area contributed by atoms with Crippen LogP contribution in [0.4, 0.5) is 0 Å². The number of rotatable bonds is 4. The van der Waals surface area contributed by atoms with Gasteiger partial charge in [0.25, 0.3) is 11.5 Å². The predicted octanol–water partition coefficient (Wildman–Crippen LogP) is 1.93. The number of nitrogens with one attached hydrogen (secondary N) is 1. The van der Waals surface area contributed by atoms with Crippen LogP contribution in [0.2, 0.25) is 0 Å². The molecule has 102 valence electrons. The van der Waals surface area contributed by atoms with E-state index in [9.17, 15) is 9.59 Å². The first-order valence-corrected chi connectivity index (χ1v) is 7.12. The van der Waals surface area contributed by atoms with Crippen molar-refractivity contribution in [3.8, 4) is 0 Å². The van der Waals surface area contributed by atoms with Gasteiger partial charge in [0.15, 0.2) is 0 Å².